The van der Waals surface area contributed by atoms with Crippen molar-refractivity contribution in [3.8, 4) is 0 Å². The average Bonchev–Trinajstić information content (AvgIpc) is 2.84. The predicted octanol–water partition coefficient (Wildman–Crippen LogP) is 3.46. The van der Waals surface area contributed by atoms with E-state index in [1.807, 2.05) is 0 Å². The van der Waals surface area contributed by atoms with Gasteiger partial charge in [-0.3, -0.25) is 0 Å². The molecule has 0 saturated carbocycles. The Hall–Kier alpha value is -0.860. The smallest absolute Gasteiger partial charge is 0.0613 e. The van der Waals surface area contributed by atoms with Crippen molar-refractivity contribution >= 4 is 0 Å². The molecule has 2 nitrogen and oxygen atoms in total. The summed E-state index contributed by atoms with van der Waals surface area (Å²) >= 11 is 0. The zero-order chi connectivity index (χ0) is 13.0. The molecule has 1 aromatic rings. The Morgan fingerprint density at radius 3 is 2.72 bits per heavy atom. The molecule has 0 aromatic heterocycles. The lowest BCUT2D eigenvalue weighted by atomic mass is 9.98. The summed E-state index contributed by atoms with van der Waals surface area (Å²) in [5, 5.41) is 3.64. The van der Waals surface area contributed by atoms with Gasteiger partial charge in [0.15, 0.2) is 0 Å². The minimum absolute atomic E-state index is 0.420. The Morgan fingerprint density at radius 1 is 1.33 bits per heavy atom. The Bertz CT molecular complexity index is 360. The van der Waals surface area contributed by atoms with Gasteiger partial charge in [0.1, 0.15) is 0 Å². The molecule has 1 fully saturated rings. The molecule has 0 aliphatic carbocycles. The van der Waals surface area contributed by atoms with Gasteiger partial charge >= 0.3 is 0 Å². The van der Waals surface area contributed by atoms with Crippen LogP contribution in [0, 0.1) is 12.8 Å². The number of hydrogen-bond acceptors (Lipinski definition) is 2. The van der Waals surface area contributed by atoms with Gasteiger partial charge in [0.05, 0.1) is 6.10 Å². The third-order valence-electron chi connectivity index (χ3n) is 4.01. The monoisotopic (exact) mass is 247 g/mol. The van der Waals surface area contributed by atoms with Crippen molar-refractivity contribution in [3.63, 3.8) is 0 Å². The summed E-state index contributed by atoms with van der Waals surface area (Å²) in [6, 6.07) is 9.22. The highest BCUT2D eigenvalue weighted by atomic mass is 16.5. The van der Waals surface area contributed by atoms with Crippen LogP contribution in [-0.4, -0.2) is 19.3 Å². The Labute approximate surface area is 111 Å². The molecule has 0 bridgehead atoms. The summed E-state index contributed by atoms with van der Waals surface area (Å²) < 4.78 is 5.73. The predicted molar refractivity (Wildman–Crippen MR) is 75.7 cm³/mol. The Balaban J connectivity index is 1.84. The summed E-state index contributed by atoms with van der Waals surface area (Å²) in [6.07, 6.45) is 2.79. The summed E-state index contributed by atoms with van der Waals surface area (Å²) in [7, 11) is 0. The van der Waals surface area contributed by atoms with Crippen LogP contribution in [0.5, 0.6) is 0 Å². The summed E-state index contributed by atoms with van der Waals surface area (Å²) in [5.74, 6) is 0.683. The second-order valence-corrected chi connectivity index (χ2v) is 5.41. The summed E-state index contributed by atoms with van der Waals surface area (Å²) in [6.45, 7) is 8.58. The maximum Gasteiger partial charge on any atom is 0.0613 e. The van der Waals surface area contributed by atoms with Crippen molar-refractivity contribution in [2.75, 3.05) is 13.2 Å². The molecule has 100 valence electrons. The van der Waals surface area contributed by atoms with Crippen molar-refractivity contribution in [1.29, 1.82) is 0 Å². The maximum atomic E-state index is 5.73. The lowest BCUT2D eigenvalue weighted by Gasteiger charge is -2.21. The number of aryl methyl sites for hydroxylation is 1. The first-order valence-electron chi connectivity index (χ1n) is 7.12. The van der Waals surface area contributed by atoms with E-state index in [1.165, 1.54) is 17.5 Å². The van der Waals surface area contributed by atoms with E-state index in [1.54, 1.807) is 0 Å². The van der Waals surface area contributed by atoms with E-state index in [0.717, 1.165) is 19.6 Å². The maximum absolute atomic E-state index is 5.73. The quantitative estimate of drug-likeness (QED) is 0.860. The molecule has 1 aliphatic rings. The molecule has 1 aliphatic heterocycles. The van der Waals surface area contributed by atoms with Crippen LogP contribution in [0.3, 0.4) is 0 Å². The fraction of sp³-hybridized carbons (Fsp3) is 0.625. The lowest BCUT2D eigenvalue weighted by molar-refractivity contribution is 0.0867. The highest BCUT2D eigenvalue weighted by molar-refractivity contribution is 5.23. The number of nitrogens with one attached hydrogen (secondary N) is 1. The first-order valence-corrected chi connectivity index (χ1v) is 7.12. The summed E-state index contributed by atoms with van der Waals surface area (Å²) in [4.78, 5) is 0. The van der Waals surface area contributed by atoms with Crippen molar-refractivity contribution in [2.45, 2.75) is 45.8 Å². The fourth-order valence-corrected chi connectivity index (χ4v) is 2.68. The number of hydrogen-bond donors (Lipinski definition) is 1. The minimum Gasteiger partial charge on any atom is -0.378 e. The standard InChI is InChI=1S/C16H25NO/c1-4-16-15(9-10-18-16)11-17-13(3)14-7-5-12(2)6-8-14/h5-8,13,15-17H,4,9-11H2,1-3H3. The van der Waals surface area contributed by atoms with Gasteiger partial charge in [-0.25, -0.2) is 0 Å². The molecule has 1 aromatic carbocycles. The zero-order valence-electron chi connectivity index (χ0n) is 11.8. The van der Waals surface area contributed by atoms with Crippen LogP contribution < -0.4 is 5.32 Å². The van der Waals surface area contributed by atoms with E-state index in [4.69, 9.17) is 4.74 Å². The molecule has 0 spiro atoms. The van der Waals surface area contributed by atoms with Gasteiger partial charge in [-0.15, -0.1) is 0 Å². The van der Waals surface area contributed by atoms with Crippen molar-refractivity contribution in [2.24, 2.45) is 5.92 Å². The first-order chi connectivity index (χ1) is 8.70. The molecule has 0 radical (unpaired) electrons. The van der Waals surface area contributed by atoms with Gasteiger partial charge in [0.25, 0.3) is 0 Å². The molecule has 3 unspecified atom stereocenters. The molecule has 1 N–H and O–H groups in total. The SMILES string of the molecule is CCC1OCCC1CNC(C)c1ccc(C)cc1. The normalized spacial score (nSPS) is 25.3. The number of benzene rings is 1. The van der Waals surface area contributed by atoms with E-state index < -0.39 is 0 Å². The van der Waals surface area contributed by atoms with E-state index >= 15 is 0 Å². The van der Waals surface area contributed by atoms with Crippen LogP contribution in [0.15, 0.2) is 24.3 Å². The third kappa shape index (κ3) is 3.33. The summed E-state index contributed by atoms with van der Waals surface area (Å²) in [5.41, 5.74) is 2.69. The molecule has 2 heteroatoms. The topological polar surface area (TPSA) is 21.3 Å². The van der Waals surface area contributed by atoms with Crippen molar-refractivity contribution in [3.05, 3.63) is 35.4 Å². The van der Waals surface area contributed by atoms with Gasteiger partial charge in [-0.1, -0.05) is 36.8 Å². The van der Waals surface area contributed by atoms with Gasteiger partial charge in [-0.05, 0) is 38.2 Å². The second-order valence-electron chi connectivity index (χ2n) is 5.41. The van der Waals surface area contributed by atoms with E-state index in [-0.39, 0.29) is 0 Å². The number of rotatable bonds is 5. The molecule has 1 saturated heterocycles. The van der Waals surface area contributed by atoms with Gasteiger partial charge in [0, 0.05) is 19.2 Å². The zero-order valence-corrected chi connectivity index (χ0v) is 11.8. The molecular weight excluding hydrogens is 222 g/mol. The van der Waals surface area contributed by atoms with Gasteiger partial charge in [0.2, 0.25) is 0 Å². The van der Waals surface area contributed by atoms with Crippen LogP contribution in [0.2, 0.25) is 0 Å². The molecule has 3 atom stereocenters. The molecule has 2 rings (SSSR count). The highest BCUT2D eigenvalue weighted by Gasteiger charge is 2.26. The second kappa shape index (κ2) is 6.35. The lowest BCUT2D eigenvalue weighted by Crippen LogP contribution is -2.30. The van der Waals surface area contributed by atoms with Crippen LogP contribution >= 0.6 is 0 Å². The Morgan fingerprint density at radius 2 is 2.06 bits per heavy atom. The first kappa shape index (κ1) is 13.6. The van der Waals surface area contributed by atoms with Gasteiger partial charge < -0.3 is 10.1 Å². The van der Waals surface area contributed by atoms with Crippen LogP contribution in [0.4, 0.5) is 0 Å². The van der Waals surface area contributed by atoms with Crippen molar-refractivity contribution in [1.82, 2.24) is 5.32 Å². The molecule has 18 heavy (non-hydrogen) atoms. The molecule has 1 heterocycles. The van der Waals surface area contributed by atoms with Crippen LogP contribution in [0.25, 0.3) is 0 Å². The third-order valence-corrected chi connectivity index (χ3v) is 4.01. The molecular formula is C16H25NO. The van der Waals surface area contributed by atoms with E-state index in [9.17, 15) is 0 Å². The Kier molecular flexibility index (Phi) is 4.79. The molecule has 0 amide bonds. The van der Waals surface area contributed by atoms with E-state index in [2.05, 4.69) is 50.4 Å². The largest absolute Gasteiger partial charge is 0.378 e. The van der Waals surface area contributed by atoms with Crippen LogP contribution in [-0.2, 0) is 4.74 Å². The van der Waals surface area contributed by atoms with E-state index in [0.29, 0.717) is 18.1 Å². The highest BCUT2D eigenvalue weighted by Crippen LogP contribution is 2.23. The van der Waals surface area contributed by atoms with Crippen molar-refractivity contribution < 1.29 is 4.74 Å². The average molecular weight is 247 g/mol. The minimum atomic E-state index is 0.420. The van der Waals surface area contributed by atoms with Crippen LogP contribution in [0.1, 0.15) is 43.9 Å². The number of ether oxygens (including phenoxy) is 1. The van der Waals surface area contributed by atoms with Gasteiger partial charge in [-0.2, -0.15) is 0 Å². The fourth-order valence-electron chi connectivity index (χ4n) is 2.68.